The van der Waals surface area contributed by atoms with Gasteiger partial charge in [-0.1, -0.05) is 12.8 Å². The van der Waals surface area contributed by atoms with Gasteiger partial charge in [0.1, 0.15) is 0 Å². The molecule has 0 spiro atoms. The second kappa shape index (κ2) is 21.5. The van der Waals surface area contributed by atoms with Crippen LogP contribution in [0.25, 0.3) is 0 Å². The Hall–Kier alpha value is 0.220. The lowest BCUT2D eigenvalue weighted by Gasteiger charge is -2.09. The van der Waals surface area contributed by atoms with Crippen molar-refractivity contribution in [2.45, 2.75) is 51.0 Å². The van der Waals surface area contributed by atoms with Gasteiger partial charge in [0.15, 0.2) is 0 Å². The van der Waals surface area contributed by atoms with E-state index < -0.39 is 5.97 Å². The van der Waals surface area contributed by atoms with Gasteiger partial charge in [-0.05, 0) is 45.3 Å². The third-order valence-electron chi connectivity index (χ3n) is 2.67. The summed E-state index contributed by atoms with van der Waals surface area (Å²) in [5, 5.41) is 11.9. The molecule has 8 heteroatoms. The number of hydrogen-bond acceptors (Lipinski definition) is 4. The largest absolute Gasteiger partial charge is 0.481 e. The zero-order valence-corrected chi connectivity index (χ0v) is 14.3. The van der Waals surface area contributed by atoms with Crippen molar-refractivity contribution in [1.82, 2.24) is 5.32 Å². The van der Waals surface area contributed by atoms with Crippen molar-refractivity contribution in [3.05, 3.63) is 0 Å². The molecule has 1 unspecified atom stereocenters. The second-order valence-corrected chi connectivity index (χ2v) is 4.45. The van der Waals surface area contributed by atoms with Crippen molar-refractivity contribution in [2.24, 2.45) is 11.5 Å². The first-order valence-electron chi connectivity index (χ1n) is 6.55. The van der Waals surface area contributed by atoms with Gasteiger partial charge in [-0.25, -0.2) is 0 Å². The Kier molecular flexibility index (Phi) is 30.5. The van der Waals surface area contributed by atoms with E-state index in [-0.39, 0.29) is 49.7 Å². The summed E-state index contributed by atoms with van der Waals surface area (Å²) >= 11 is 0. The quantitative estimate of drug-likeness (QED) is 0.401. The predicted molar refractivity (Wildman–Crippen MR) is 91.6 cm³/mol. The number of unbranched alkanes of at least 4 members (excludes halogenated alkanes) is 3. The first-order chi connectivity index (χ1) is 8.16. The summed E-state index contributed by atoms with van der Waals surface area (Å²) in [6.07, 6.45) is 6.51. The number of carboxylic acids is 1. The SMILES string of the molecule is Cl.Cl.Cl.NCCCCCCNCCCC(N)CC(=O)O. The smallest absolute Gasteiger partial charge is 0.304 e. The Balaban J connectivity index is -0.000000427. The summed E-state index contributed by atoms with van der Waals surface area (Å²) in [5.74, 6) is -0.814. The molecule has 1 atom stereocenters. The van der Waals surface area contributed by atoms with Crippen molar-refractivity contribution in [1.29, 1.82) is 0 Å². The number of carboxylic acid groups (broad SMARTS) is 1. The standard InChI is InChI=1S/C12H27N3O2.3ClH/c13-7-3-1-2-4-8-15-9-5-6-11(14)10-12(16)17;;;/h11,15H,1-10,13-14H2,(H,16,17);3*1H. The summed E-state index contributed by atoms with van der Waals surface area (Å²) in [6, 6.07) is -0.209. The van der Waals surface area contributed by atoms with Crippen molar-refractivity contribution in [3.63, 3.8) is 0 Å². The molecule has 0 aliphatic rings. The fourth-order valence-corrected chi connectivity index (χ4v) is 1.69. The number of rotatable bonds is 12. The van der Waals surface area contributed by atoms with E-state index in [0.717, 1.165) is 38.9 Å². The Morgan fingerprint density at radius 2 is 1.55 bits per heavy atom. The number of halogens is 3. The average Bonchev–Trinajstić information content (AvgIpc) is 2.26. The topological polar surface area (TPSA) is 101 Å². The van der Waals surface area contributed by atoms with Gasteiger partial charge in [-0.3, -0.25) is 4.79 Å². The molecule has 20 heavy (non-hydrogen) atoms. The first kappa shape index (κ1) is 28.4. The molecule has 0 aliphatic carbocycles. The minimum absolute atomic E-state index is 0. The summed E-state index contributed by atoms with van der Waals surface area (Å²) in [6.45, 7) is 2.73. The molecule has 0 amide bonds. The Morgan fingerprint density at radius 3 is 2.10 bits per heavy atom. The highest BCUT2D eigenvalue weighted by Crippen LogP contribution is 1.99. The van der Waals surface area contributed by atoms with E-state index >= 15 is 0 Å². The highest BCUT2D eigenvalue weighted by atomic mass is 35.5. The molecular formula is C12H30Cl3N3O2. The molecule has 5 nitrogen and oxygen atoms in total. The highest BCUT2D eigenvalue weighted by molar-refractivity contribution is 5.86. The van der Waals surface area contributed by atoms with Gasteiger partial charge in [-0.2, -0.15) is 0 Å². The van der Waals surface area contributed by atoms with Gasteiger partial charge in [0, 0.05) is 6.04 Å². The maximum atomic E-state index is 10.4. The number of hydrogen-bond donors (Lipinski definition) is 4. The average molecular weight is 355 g/mol. The third kappa shape index (κ3) is 23.3. The van der Waals surface area contributed by atoms with E-state index in [9.17, 15) is 4.79 Å². The van der Waals surface area contributed by atoms with Crippen LogP contribution >= 0.6 is 37.2 Å². The lowest BCUT2D eigenvalue weighted by Crippen LogP contribution is -2.25. The fraction of sp³-hybridized carbons (Fsp3) is 0.917. The minimum Gasteiger partial charge on any atom is -0.481 e. The maximum Gasteiger partial charge on any atom is 0.304 e. The monoisotopic (exact) mass is 353 g/mol. The summed E-state index contributed by atoms with van der Waals surface area (Å²) in [7, 11) is 0. The normalized spacial score (nSPS) is 10.7. The summed E-state index contributed by atoms with van der Waals surface area (Å²) in [4.78, 5) is 10.4. The van der Waals surface area contributed by atoms with Crippen LogP contribution in [0.1, 0.15) is 44.9 Å². The van der Waals surface area contributed by atoms with Crippen LogP contribution in [0, 0.1) is 0 Å². The van der Waals surface area contributed by atoms with Crippen LogP contribution in [0.15, 0.2) is 0 Å². The molecule has 0 aromatic carbocycles. The van der Waals surface area contributed by atoms with Crippen molar-refractivity contribution in [3.8, 4) is 0 Å². The number of carbonyl (C=O) groups is 1. The molecule has 0 aliphatic heterocycles. The van der Waals surface area contributed by atoms with Gasteiger partial charge in [0.25, 0.3) is 0 Å². The maximum absolute atomic E-state index is 10.4. The van der Waals surface area contributed by atoms with Crippen LogP contribution in [0.3, 0.4) is 0 Å². The number of nitrogens with two attached hydrogens (primary N) is 2. The molecule has 0 aromatic rings. The molecular weight excluding hydrogens is 325 g/mol. The van der Waals surface area contributed by atoms with Gasteiger partial charge >= 0.3 is 5.97 Å². The van der Waals surface area contributed by atoms with E-state index in [1.807, 2.05) is 0 Å². The summed E-state index contributed by atoms with van der Waals surface area (Å²) in [5.41, 5.74) is 11.1. The lowest BCUT2D eigenvalue weighted by molar-refractivity contribution is -0.137. The van der Waals surface area contributed by atoms with E-state index in [0.29, 0.717) is 0 Å². The van der Waals surface area contributed by atoms with E-state index in [1.54, 1.807) is 0 Å². The Labute approximate surface area is 140 Å². The van der Waals surface area contributed by atoms with Crippen LogP contribution in [0.4, 0.5) is 0 Å². The molecule has 0 fully saturated rings. The molecule has 0 radical (unpaired) electrons. The van der Waals surface area contributed by atoms with Crippen molar-refractivity contribution < 1.29 is 9.90 Å². The van der Waals surface area contributed by atoms with E-state index in [1.165, 1.54) is 19.3 Å². The van der Waals surface area contributed by atoms with Crippen LogP contribution in [-0.4, -0.2) is 36.8 Å². The molecule has 0 saturated heterocycles. The predicted octanol–water partition coefficient (Wildman–Crippen LogP) is 1.94. The molecule has 0 saturated carbocycles. The molecule has 126 valence electrons. The van der Waals surface area contributed by atoms with Crippen LogP contribution < -0.4 is 16.8 Å². The van der Waals surface area contributed by atoms with Gasteiger partial charge in [0.2, 0.25) is 0 Å². The first-order valence-corrected chi connectivity index (χ1v) is 6.55. The zero-order chi connectivity index (χ0) is 12.9. The highest BCUT2D eigenvalue weighted by Gasteiger charge is 2.06. The van der Waals surface area contributed by atoms with E-state index in [2.05, 4.69) is 5.32 Å². The lowest BCUT2D eigenvalue weighted by atomic mass is 10.1. The zero-order valence-electron chi connectivity index (χ0n) is 11.9. The van der Waals surface area contributed by atoms with Gasteiger partial charge < -0.3 is 21.9 Å². The van der Waals surface area contributed by atoms with Gasteiger partial charge in [-0.15, -0.1) is 37.2 Å². The number of nitrogens with one attached hydrogen (secondary N) is 1. The molecule has 0 heterocycles. The molecule has 0 rings (SSSR count). The fourth-order valence-electron chi connectivity index (χ4n) is 1.69. The number of aliphatic carboxylic acids is 1. The summed E-state index contributed by atoms with van der Waals surface area (Å²) < 4.78 is 0. The Bertz CT molecular complexity index is 201. The Morgan fingerprint density at radius 1 is 1.00 bits per heavy atom. The van der Waals surface area contributed by atoms with Crippen LogP contribution in [-0.2, 0) is 4.79 Å². The van der Waals surface area contributed by atoms with Crippen molar-refractivity contribution in [2.75, 3.05) is 19.6 Å². The molecule has 6 N–H and O–H groups in total. The van der Waals surface area contributed by atoms with Crippen LogP contribution in [0.2, 0.25) is 0 Å². The van der Waals surface area contributed by atoms with Crippen LogP contribution in [0.5, 0.6) is 0 Å². The minimum atomic E-state index is -0.814. The van der Waals surface area contributed by atoms with E-state index in [4.69, 9.17) is 16.6 Å². The molecule has 0 bridgehead atoms. The second-order valence-electron chi connectivity index (χ2n) is 4.45. The molecule has 0 aromatic heterocycles. The van der Waals surface area contributed by atoms with Gasteiger partial charge in [0.05, 0.1) is 6.42 Å². The third-order valence-corrected chi connectivity index (χ3v) is 2.67. The van der Waals surface area contributed by atoms with Crippen molar-refractivity contribution >= 4 is 43.2 Å².